The first-order valence-corrected chi connectivity index (χ1v) is 4.94. The molecule has 0 saturated heterocycles. The van der Waals surface area contributed by atoms with Gasteiger partial charge in [-0.05, 0) is 0 Å². The molecule has 1 rings (SSSR count). The molecule has 1 heterocycles. The SMILES string of the molecule is COC(=O)CN(CC(=O)OC)c1nccn1C. The molecule has 7 heteroatoms. The van der Waals surface area contributed by atoms with Crippen molar-refractivity contribution >= 4 is 17.9 Å². The Morgan fingerprint density at radius 2 is 1.82 bits per heavy atom. The van der Waals surface area contributed by atoms with Crippen LogP contribution in [0, 0.1) is 0 Å². The van der Waals surface area contributed by atoms with Gasteiger partial charge in [0.15, 0.2) is 0 Å². The molecule has 0 aromatic carbocycles. The molecule has 0 fully saturated rings. The predicted molar refractivity (Wildman–Crippen MR) is 59.5 cm³/mol. The van der Waals surface area contributed by atoms with E-state index in [0.29, 0.717) is 5.95 Å². The average molecular weight is 241 g/mol. The van der Waals surface area contributed by atoms with Crippen LogP contribution in [-0.2, 0) is 26.1 Å². The zero-order valence-corrected chi connectivity index (χ0v) is 10.0. The molecule has 0 saturated carbocycles. The lowest BCUT2D eigenvalue weighted by molar-refractivity contribution is -0.140. The van der Waals surface area contributed by atoms with Crippen LogP contribution in [0.4, 0.5) is 5.95 Å². The molecule has 0 amide bonds. The van der Waals surface area contributed by atoms with Gasteiger partial charge in [0.1, 0.15) is 13.1 Å². The van der Waals surface area contributed by atoms with Gasteiger partial charge in [0, 0.05) is 19.4 Å². The van der Waals surface area contributed by atoms with Crippen molar-refractivity contribution in [1.82, 2.24) is 9.55 Å². The van der Waals surface area contributed by atoms with Crippen LogP contribution in [0.15, 0.2) is 12.4 Å². The molecule has 0 aliphatic carbocycles. The molecule has 0 bridgehead atoms. The molecule has 0 N–H and O–H groups in total. The maximum Gasteiger partial charge on any atom is 0.325 e. The second-order valence-corrected chi connectivity index (χ2v) is 3.35. The number of rotatable bonds is 5. The van der Waals surface area contributed by atoms with Crippen molar-refractivity contribution in [3.63, 3.8) is 0 Å². The summed E-state index contributed by atoms with van der Waals surface area (Å²) in [4.78, 5) is 28.0. The van der Waals surface area contributed by atoms with Gasteiger partial charge in [0.25, 0.3) is 0 Å². The lowest BCUT2D eigenvalue weighted by Crippen LogP contribution is -2.37. The second kappa shape index (κ2) is 5.88. The maximum absolute atomic E-state index is 11.2. The summed E-state index contributed by atoms with van der Waals surface area (Å²) in [5.41, 5.74) is 0. The molecule has 0 unspecified atom stereocenters. The van der Waals surface area contributed by atoms with Crippen molar-refractivity contribution < 1.29 is 19.1 Å². The molecule has 0 radical (unpaired) electrons. The van der Waals surface area contributed by atoms with Gasteiger partial charge >= 0.3 is 11.9 Å². The Labute approximate surface area is 98.9 Å². The van der Waals surface area contributed by atoms with E-state index in [4.69, 9.17) is 0 Å². The van der Waals surface area contributed by atoms with Crippen LogP contribution in [-0.4, -0.2) is 48.8 Å². The molecule has 94 valence electrons. The van der Waals surface area contributed by atoms with Gasteiger partial charge in [0.05, 0.1) is 14.2 Å². The monoisotopic (exact) mass is 241 g/mol. The van der Waals surface area contributed by atoms with Gasteiger partial charge < -0.3 is 18.9 Å². The summed E-state index contributed by atoms with van der Waals surface area (Å²) >= 11 is 0. The molecule has 0 spiro atoms. The Balaban J connectivity index is 2.82. The minimum absolute atomic E-state index is 0.0591. The number of aryl methyl sites for hydroxylation is 1. The highest BCUT2D eigenvalue weighted by Gasteiger charge is 2.18. The molecule has 0 aliphatic heterocycles. The number of anilines is 1. The van der Waals surface area contributed by atoms with E-state index in [1.165, 1.54) is 19.1 Å². The van der Waals surface area contributed by atoms with Gasteiger partial charge in [0.2, 0.25) is 5.95 Å². The fraction of sp³-hybridized carbons (Fsp3) is 0.500. The van der Waals surface area contributed by atoms with Crippen molar-refractivity contribution in [3.8, 4) is 0 Å². The fourth-order valence-corrected chi connectivity index (χ4v) is 1.30. The summed E-state index contributed by atoms with van der Waals surface area (Å²) in [7, 11) is 4.35. The number of carbonyl (C=O) groups is 2. The van der Waals surface area contributed by atoms with Gasteiger partial charge in [-0.25, -0.2) is 4.98 Å². The predicted octanol–water partition coefficient (Wildman–Crippen LogP) is -0.428. The molecule has 1 aromatic rings. The molecule has 7 nitrogen and oxygen atoms in total. The van der Waals surface area contributed by atoms with E-state index in [1.807, 2.05) is 0 Å². The Morgan fingerprint density at radius 3 is 2.18 bits per heavy atom. The number of hydrogen-bond acceptors (Lipinski definition) is 6. The van der Waals surface area contributed by atoms with Crippen molar-refractivity contribution in [1.29, 1.82) is 0 Å². The Bertz CT molecular complexity index is 384. The summed E-state index contributed by atoms with van der Waals surface area (Å²) in [5.74, 6) is -0.394. The molecule has 0 aliphatic rings. The van der Waals surface area contributed by atoms with E-state index in [-0.39, 0.29) is 13.1 Å². The van der Waals surface area contributed by atoms with Crippen molar-refractivity contribution in [2.75, 3.05) is 32.2 Å². The number of ether oxygens (including phenoxy) is 2. The minimum atomic E-state index is -0.447. The summed E-state index contributed by atoms with van der Waals surface area (Å²) in [6, 6.07) is 0. The van der Waals surface area contributed by atoms with Crippen LogP contribution in [0.3, 0.4) is 0 Å². The summed E-state index contributed by atoms with van der Waals surface area (Å²) < 4.78 is 10.8. The number of carbonyl (C=O) groups excluding carboxylic acids is 2. The Kier molecular flexibility index (Phi) is 4.50. The molecule has 0 atom stereocenters. The fourth-order valence-electron chi connectivity index (χ4n) is 1.30. The minimum Gasteiger partial charge on any atom is -0.468 e. The number of hydrogen-bond donors (Lipinski definition) is 0. The van der Waals surface area contributed by atoms with E-state index in [0.717, 1.165) is 0 Å². The lowest BCUT2D eigenvalue weighted by Gasteiger charge is -2.20. The summed E-state index contributed by atoms with van der Waals surface area (Å²) in [6.07, 6.45) is 3.30. The third-order valence-electron chi connectivity index (χ3n) is 2.17. The highest BCUT2D eigenvalue weighted by atomic mass is 16.5. The topological polar surface area (TPSA) is 73.7 Å². The molecule has 17 heavy (non-hydrogen) atoms. The summed E-state index contributed by atoms with van der Waals surface area (Å²) in [5, 5.41) is 0. The highest BCUT2D eigenvalue weighted by Crippen LogP contribution is 2.09. The van der Waals surface area contributed by atoms with E-state index in [2.05, 4.69) is 14.5 Å². The summed E-state index contributed by atoms with van der Waals surface area (Å²) in [6.45, 7) is -0.118. The molecular formula is C10H15N3O4. The smallest absolute Gasteiger partial charge is 0.325 e. The average Bonchev–Trinajstić information content (AvgIpc) is 2.74. The van der Waals surface area contributed by atoms with Gasteiger partial charge in [-0.15, -0.1) is 0 Å². The van der Waals surface area contributed by atoms with Crippen LogP contribution in [0.1, 0.15) is 0 Å². The number of aromatic nitrogens is 2. The molecular weight excluding hydrogens is 226 g/mol. The number of imidazole rings is 1. The molecule has 1 aromatic heterocycles. The van der Waals surface area contributed by atoms with Crippen molar-refractivity contribution in [3.05, 3.63) is 12.4 Å². The largest absolute Gasteiger partial charge is 0.468 e. The first-order valence-electron chi connectivity index (χ1n) is 4.94. The van der Waals surface area contributed by atoms with E-state index in [1.54, 1.807) is 24.0 Å². The Hall–Kier alpha value is -2.05. The first kappa shape index (κ1) is 13.0. The van der Waals surface area contributed by atoms with Gasteiger partial charge in [-0.2, -0.15) is 0 Å². The van der Waals surface area contributed by atoms with Gasteiger partial charge in [-0.1, -0.05) is 0 Å². The number of nitrogens with zero attached hydrogens (tertiary/aromatic N) is 3. The highest BCUT2D eigenvalue weighted by molar-refractivity contribution is 5.80. The number of esters is 2. The second-order valence-electron chi connectivity index (χ2n) is 3.35. The van der Waals surface area contributed by atoms with Crippen LogP contribution >= 0.6 is 0 Å². The lowest BCUT2D eigenvalue weighted by atomic mass is 10.5. The van der Waals surface area contributed by atoms with Crippen LogP contribution < -0.4 is 4.90 Å². The normalized spacial score (nSPS) is 9.82. The zero-order chi connectivity index (χ0) is 12.8. The van der Waals surface area contributed by atoms with Crippen molar-refractivity contribution in [2.24, 2.45) is 7.05 Å². The van der Waals surface area contributed by atoms with E-state index >= 15 is 0 Å². The van der Waals surface area contributed by atoms with Crippen LogP contribution in [0.2, 0.25) is 0 Å². The quantitative estimate of drug-likeness (QED) is 0.651. The zero-order valence-electron chi connectivity index (χ0n) is 10.0. The van der Waals surface area contributed by atoms with Crippen molar-refractivity contribution in [2.45, 2.75) is 0 Å². The number of methoxy groups -OCH3 is 2. The van der Waals surface area contributed by atoms with E-state index < -0.39 is 11.9 Å². The standard InChI is InChI=1S/C10H15N3O4/c1-12-5-4-11-10(12)13(6-8(14)16-2)7-9(15)17-3/h4-5H,6-7H2,1-3H3. The Morgan fingerprint density at radius 1 is 1.29 bits per heavy atom. The van der Waals surface area contributed by atoms with Gasteiger partial charge in [-0.3, -0.25) is 9.59 Å². The van der Waals surface area contributed by atoms with E-state index in [9.17, 15) is 9.59 Å². The maximum atomic E-state index is 11.2. The van der Waals surface area contributed by atoms with Crippen LogP contribution in [0.25, 0.3) is 0 Å². The third kappa shape index (κ3) is 3.47. The third-order valence-corrected chi connectivity index (χ3v) is 2.17. The van der Waals surface area contributed by atoms with Crippen LogP contribution in [0.5, 0.6) is 0 Å². The first-order chi connectivity index (χ1) is 8.08.